The average Bonchev–Trinajstić information content (AvgIpc) is 2.31. The number of likely N-dealkylation sites (N-methyl/N-ethyl adjacent to an activating group) is 1. The third-order valence-electron chi connectivity index (χ3n) is 3.51. The maximum Gasteiger partial charge on any atom is 0.0192 e. The summed E-state index contributed by atoms with van der Waals surface area (Å²) in [7, 11) is 0. The Balaban J connectivity index is 4.16. The lowest BCUT2D eigenvalue weighted by Crippen LogP contribution is -2.42. The van der Waals surface area contributed by atoms with Crippen molar-refractivity contribution in [3.63, 3.8) is 0 Å². The molecule has 110 valence electrons. The van der Waals surface area contributed by atoms with E-state index >= 15 is 0 Å². The molecule has 1 unspecified atom stereocenters. The molecule has 1 N–H and O–H groups in total. The fraction of sp³-hybridized carbons (Fsp3) is 1.00. The van der Waals surface area contributed by atoms with Crippen LogP contribution in [0.15, 0.2) is 0 Å². The van der Waals surface area contributed by atoms with E-state index < -0.39 is 0 Å². The first-order valence-electron chi connectivity index (χ1n) is 7.95. The van der Waals surface area contributed by atoms with E-state index in [2.05, 4.69) is 51.8 Å². The van der Waals surface area contributed by atoms with Crippen LogP contribution in [0.25, 0.3) is 0 Å². The van der Waals surface area contributed by atoms with Crippen LogP contribution < -0.4 is 5.32 Å². The average molecular weight is 256 g/mol. The predicted molar refractivity (Wildman–Crippen MR) is 83.1 cm³/mol. The summed E-state index contributed by atoms with van der Waals surface area (Å²) in [5.74, 6) is 1.62. The highest BCUT2D eigenvalue weighted by Gasteiger charge is 2.12. The van der Waals surface area contributed by atoms with Crippen molar-refractivity contribution in [3.8, 4) is 0 Å². The van der Waals surface area contributed by atoms with Gasteiger partial charge in [0.2, 0.25) is 0 Å². The topological polar surface area (TPSA) is 15.3 Å². The Morgan fingerprint density at radius 3 is 1.72 bits per heavy atom. The maximum atomic E-state index is 3.60. The molecule has 0 radical (unpaired) electrons. The summed E-state index contributed by atoms with van der Waals surface area (Å²) in [5, 5.41) is 3.60. The Bertz CT molecular complexity index is 166. The minimum atomic E-state index is 0.661. The van der Waals surface area contributed by atoms with E-state index in [0.29, 0.717) is 6.04 Å². The second kappa shape index (κ2) is 10.8. The van der Waals surface area contributed by atoms with E-state index in [1.807, 2.05) is 0 Å². The van der Waals surface area contributed by atoms with Gasteiger partial charge in [0.05, 0.1) is 0 Å². The third kappa shape index (κ3) is 9.90. The summed E-state index contributed by atoms with van der Waals surface area (Å²) in [4.78, 5) is 2.66. The number of rotatable bonds is 11. The van der Waals surface area contributed by atoms with Gasteiger partial charge < -0.3 is 10.2 Å². The van der Waals surface area contributed by atoms with Gasteiger partial charge in [0.1, 0.15) is 0 Å². The molecule has 0 spiro atoms. The zero-order valence-electron chi connectivity index (χ0n) is 13.6. The van der Waals surface area contributed by atoms with E-state index in [4.69, 9.17) is 0 Å². The van der Waals surface area contributed by atoms with Crippen molar-refractivity contribution in [2.75, 3.05) is 26.2 Å². The Kier molecular flexibility index (Phi) is 10.8. The summed E-state index contributed by atoms with van der Waals surface area (Å²) in [6, 6.07) is 0.661. The third-order valence-corrected chi connectivity index (χ3v) is 3.51. The second-order valence-electron chi connectivity index (χ2n) is 6.33. The molecule has 0 rings (SSSR count). The van der Waals surface area contributed by atoms with Gasteiger partial charge in [0, 0.05) is 12.6 Å². The van der Waals surface area contributed by atoms with Gasteiger partial charge in [-0.3, -0.25) is 0 Å². The minimum Gasteiger partial charge on any atom is -0.313 e. The lowest BCUT2D eigenvalue weighted by molar-refractivity contribution is 0.216. The van der Waals surface area contributed by atoms with Crippen molar-refractivity contribution in [3.05, 3.63) is 0 Å². The molecule has 1 atom stereocenters. The highest BCUT2D eigenvalue weighted by Crippen LogP contribution is 2.08. The first-order chi connectivity index (χ1) is 8.49. The van der Waals surface area contributed by atoms with E-state index in [9.17, 15) is 0 Å². The Morgan fingerprint density at radius 2 is 1.39 bits per heavy atom. The van der Waals surface area contributed by atoms with Gasteiger partial charge in [0.15, 0.2) is 0 Å². The second-order valence-corrected chi connectivity index (χ2v) is 6.33. The molecule has 0 saturated carbocycles. The molecule has 0 heterocycles. The standard InChI is InChI=1S/C16H36N2/c1-7-16(17-8-2)13-18(11-9-14(3)4)12-10-15(5)6/h14-17H,7-13H2,1-6H3. The summed E-state index contributed by atoms with van der Waals surface area (Å²) in [5.41, 5.74) is 0. The summed E-state index contributed by atoms with van der Waals surface area (Å²) < 4.78 is 0. The predicted octanol–water partition coefficient (Wildman–Crippen LogP) is 3.77. The molecule has 0 aliphatic heterocycles. The van der Waals surface area contributed by atoms with E-state index in [-0.39, 0.29) is 0 Å². The lowest BCUT2D eigenvalue weighted by Gasteiger charge is -2.28. The van der Waals surface area contributed by atoms with E-state index in [1.54, 1.807) is 0 Å². The van der Waals surface area contributed by atoms with Crippen LogP contribution in [0.2, 0.25) is 0 Å². The quantitative estimate of drug-likeness (QED) is 0.605. The molecule has 18 heavy (non-hydrogen) atoms. The van der Waals surface area contributed by atoms with Crippen LogP contribution in [0, 0.1) is 11.8 Å². The van der Waals surface area contributed by atoms with Gasteiger partial charge in [-0.25, -0.2) is 0 Å². The number of hydrogen-bond donors (Lipinski definition) is 1. The fourth-order valence-electron chi connectivity index (χ4n) is 2.11. The molecular formula is C16H36N2. The number of hydrogen-bond acceptors (Lipinski definition) is 2. The van der Waals surface area contributed by atoms with Gasteiger partial charge in [-0.15, -0.1) is 0 Å². The zero-order valence-corrected chi connectivity index (χ0v) is 13.6. The highest BCUT2D eigenvalue weighted by atomic mass is 15.1. The summed E-state index contributed by atoms with van der Waals surface area (Å²) >= 11 is 0. The van der Waals surface area contributed by atoms with Crippen LogP contribution in [0.4, 0.5) is 0 Å². The smallest absolute Gasteiger partial charge is 0.0192 e. The SMILES string of the molecule is CCNC(CC)CN(CCC(C)C)CCC(C)C. The molecule has 0 fully saturated rings. The lowest BCUT2D eigenvalue weighted by atomic mass is 10.1. The summed E-state index contributed by atoms with van der Waals surface area (Å²) in [6.45, 7) is 18.6. The molecule has 0 aromatic heterocycles. The first kappa shape index (κ1) is 17.9. The van der Waals surface area contributed by atoms with Gasteiger partial charge in [0.25, 0.3) is 0 Å². The van der Waals surface area contributed by atoms with Gasteiger partial charge in [-0.2, -0.15) is 0 Å². The van der Waals surface area contributed by atoms with Crippen molar-refractivity contribution < 1.29 is 0 Å². The van der Waals surface area contributed by atoms with E-state index in [1.165, 1.54) is 38.9 Å². The van der Waals surface area contributed by atoms with Crippen molar-refractivity contribution in [2.45, 2.75) is 66.8 Å². The Morgan fingerprint density at radius 1 is 0.889 bits per heavy atom. The molecule has 0 bridgehead atoms. The van der Waals surface area contributed by atoms with Crippen LogP contribution in [0.5, 0.6) is 0 Å². The highest BCUT2D eigenvalue weighted by molar-refractivity contribution is 4.71. The molecule has 2 heteroatoms. The van der Waals surface area contributed by atoms with Gasteiger partial charge in [-0.05, 0) is 50.7 Å². The molecular weight excluding hydrogens is 220 g/mol. The summed E-state index contributed by atoms with van der Waals surface area (Å²) in [6.07, 6.45) is 3.87. The van der Waals surface area contributed by atoms with Gasteiger partial charge in [-0.1, -0.05) is 41.5 Å². The van der Waals surface area contributed by atoms with Crippen molar-refractivity contribution in [1.29, 1.82) is 0 Å². The molecule has 0 amide bonds. The molecule has 0 aliphatic carbocycles. The Hall–Kier alpha value is -0.0800. The maximum absolute atomic E-state index is 3.60. The molecule has 0 aromatic rings. The normalized spacial score (nSPS) is 13.8. The monoisotopic (exact) mass is 256 g/mol. The van der Waals surface area contributed by atoms with Crippen molar-refractivity contribution >= 4 is 0 Å². The zero-order chi connectivity index (χ0) is 14.0. The van der Waals surface area contributed by atoms with Crippen LogP contribution in [-0.2, 0) is 0 Å². The molecule has 0 aliphatic rings. The van der Waals surface area contributed by atoms with Crippen LogP contribution in [-0.4, -0.2) is 37.1 Å². The molecule has 0 saturated heterocycles. The largest absolute Gasteiger partial charge is 0.313 e. The van der Waals surface area contributed by atoms with Crippen LogP contribution in [0.3, 0.4) is 0 Å². The van der Waals surface area contributed by atoms with Crippen LogP contribution in [0.1, 0.15) is 60.8 Å². The number of nitrogens with one attached hydrogen (secondary N) is 1. The van der Waals surface area contributed by atoms with Crippen molar-refractivity contribution in [2.24, 2.45) is 11.8 Å². The van der Waals surface area contributed by atoms with Gasteiger partial charge >= 0.3 is 0 Å². The van der Waals surface area contributed by atoms with Crippen LogP contribution >= 0.6 is 0 Å². The fourth-order valence-corrected chi connectivity index (χ4v) is 2.11. The first-order valence-corrected chi connectivity index (χ1v) is 7.95. The number of nitrogens with zero attached hydrogens (tertiary/aromatic N) is 1. The Labute approximate surface area is 116 Å². The van der Waals surface area contributed by atoms with E-state index in [0.717, 1.165) is 18.4 Å². The molecule has 0 aromatic carbocycles. The molecule has 2 nitrogen and oxygen atoms in total. The van der Waals surface area contributed by atoms with Crippen molar-refractivity contribution in [1.82, 2.24) is 10.2 Å². The minimum absolute atomic E-state index is 0.661.